The molecule has 1 atom stereocenters. The van der Waals surface area contributed by atoms with E-state index in [0.29, 0.717) is 13.0 Å². The quantitative estimate of drug-likeness (QED) is 0.582. The van der Waals surface area contributed by atoms with Crippen molar-refractivity contribution in [2.45, 2.75) is 24.0 Å². The van der Waals surface area contributed by atoms with Gasteiger partial charge in [-0.05, 0) is 18.1 Å². The van der Waals surface area contributed by atoms with Gasteiger partial charge >= 0.3 is 6.09 Å². The lowest BCUT2D eigenvalue weighted by atomic mass is 10.2. The van der Waals surface area contributed by atoms with E-state index < -0.39 is 37.7 Å². The van der Waals surface area contributed by atoms with Crippen LogP contribution in [-0.4, -0.2) is 43.5 Å². The number of sulfonamides is 1. The van der Waals surface area contributed by atoms with E-state index in [4.69, 9.17) is 4.74 Å². The summed E-state index contributed by atoms with van der Waals surface area (Å²) in [6.45, 7) is 0.591. The molecule has 1 aliphatic rings. The molecule has 0 radical (unpaired) electrons. The number of para-hydroxylation sites is 1. The number of likely N-dealkylation sites (tertiary alicyclic amines) is 1. The van der Waals surface area contributed by atoms with Gasteiger partial charge in [0.25, 0.3) is 5.69 Å². The van der Waals surface area contributed by atoms with Crippen LogP contribution in [0.2, 0.25) is 0 Å². The first-order valence-electron chi connectivity index (χ1n) is 8.58. The van der Waals surface area contributed by atoms with E-state index in [2.05, 4.69) is 4.72 Å². The Bertz CT molecular complexity index is 964. The summed E-state index contributed by atoms with van der Waals surface area (Å²) in [5.74, 6) is 0. The van der Waals surface area contributed by atoms with Crippen molar-refractivity contribution in [2.75, 3.05) is 13.1 Å². The number of benzene rings is 2. The number of amides is 1. The first-order valence-corrected chi connectivity index (χ1v) is 10.1. The molecule has 2 aromatic rings. The zero-order valence-electron chi connectivity index (χ0n) is 14.9. The van der Waals surface area contributed by atoms with E-state index in [-0.39, 0.29) is 13.2 Å². The Morgan fingerprint density at radius 3 is 2.57 bits per heavy atom. The van der Waals surface area contributed by atoms with Gasteiger partial charge in [-0.15, -0.1) is 0 Å². The Hall–Kier alpha value is -2.98. The summed E-state index contributed by atoms with van der Waals surface area (Å²) in [7, 11) is -4.09. The van der Waals surface area contributed by atoms with Gasteiger partial charge in [0.15, 0.2) is 4.90 Å². The van der Waals surface area contributed by atoms with Gasteiger partial charge in [0.2, 0.25) is 10.0 Å². The monoisotopic (exact) mass is 405 g/mol. The third-order valence-corrected chi connectivity index (χ3v) is 5.89. The molecule has 3 rings (SSSR count). The minimum absolute atomic E-state index is 0.128. The molecule has 0 aromatic heterocycles. The molecule has 0 spiro atoms. The first-order chi connectivity index (χ1) is 13.4. The highest BCUT2D eigenvalue weighted by atomic mass is 32.2. The molecule has 28 heavy (non-hydrogen) atoms. The maximum Gasteiger partial charge on any atom is 0.410 e. The van der Waals surface area contributed by atoms with E-state index >= 15 is 0 Å². The fourth-order valence-corrected chi connectivity index (χ4v) is 4.38. The molecule has 2 aromatic carbocycles. The number of carbonyl (C=O) groups is 1. The zero-order chi connectivity index (χ0) is 20.1. The Morgan fingerprint density at radius 2 is 1.86 bits per heavy atom. The van der Waals surface area contributed by atoms with Crippen molar-refractivity contribution in [3.63, 3.8) is 0 Å². The Kier molecular flexibility index (Phi) is 5.90. The molecule has 1 aliphatic heterocycles. The van der Waals surface area contributed by atoms with Crippen LogP contribution in [0.1, 0.15) is 12.0 Å². The van der Waals surface area contributed by atoms with Gasteiger partial charge < -0.3 is 9.64 Å². The molecule has 0 aliphatic carbocycles. The van der Waals surface area contributed by atoms with E-state index in [1.54, 1.807) is 0 Å². The van der Waals surface area contributed by atoms with Gasteiger partial charge in [-0.2, -0.15) is 0 Å². The van der Waals surface area contributed by atoms with Gasteiger partial charge in [0, 0.05) is 25.2 Å². The van der Waals surface area contributed by atoms with E-state index in [1.807, 2.05) is 30.3 Å². The van der Waals surface area contributed by atoms with Crippen molar-refractivity contribution in [3.8, 4) is 0 Å². The number of ether oxygens (including phenoxy) is 1. The van der Waals surface area contributed by atoms with Crippen molar-refractivity contribution in [2.24, 2.45) is 0 Å². The molecular weight excluding hydrogens is 386 g/mol. The molecule has 0 unspecified atom stereocenters. The average Bonchev–Trinajstić information content (AvgIpc) is 3.14. The van der Waals surface area contributed by atoms with E-state index in [0.717, 1.165) is 11.6 Å². The van der Waals surface area contributed by atoms with Crippen LogP contribution in [0.15, 0.2) is 59.5 Å². The number of hydrogen-bond donors (Lipinski definition) is 1. The van der Waals surface area contributed by atoms with Crippen molar-refractivity contribution >= 4 is 21.8 Å². The fraction of sp³-hybridized carbons (Fsp3) is 0.278. The molecular formula is C18H19N3O6S. The summed E-state index contributed by atoms with van der Waals surface area (Å²) in [4.78, 5) is 23.5. The number of hydrogen-bond acceptors (Lipinski definition) is 6. The number of nitro benzene ring substituents is 1. The standard InChI is InChI=1S/C18H19N3O6S/c22-18(27-13-14-6-2-1-3-7-14)20-11-10-15(12-20)19-28(25,26)17-9-5-4-8-16(17)21(23)24/h1-9,15,19H,10-13H2/t15-/m1/s1. The van der Waals surface area contributed by atoms with Crippen LogP contribution < -0.4 is 4.72 Å². The van der Waals surface area contributed by atoms with Crippen molar-refractivity contribution in [3.05, 3.63) is 70.3 Å². The van der Waals surface area contributed by atoms with Gasteiger partial charge in [0.05, 0.1) is 4.92 Å². The summed E-state index contributed by atoms with van der Waals surface area (Å²) >= 11 is 0. The summed E-state index contributed by atoms with van der Waals surface area (Å²) in [6, 6.07) is 13.8. The number of nitrogens with zero attached hydrogens (tertiary/aromatic N) is 2. The van der Waals surface area contributed by atoms with Crippen molar-refractivity contribution in [1.82, 2.24) is 9.62 Å². The lowest BCUT2D eigenvalue weighted by molar-refractivity contribution is -0.387. The zero-order valence-corrected chi connectivity index (χ0v) is 15.7. The molecule has 10 heteroatoms. The SMILES string of the molecule is O=C(OCc1ccccc1)N1CC[C@@H](NS(=O)(=O)c2ccccc2[N+](=O)[O-])C1. The molecule has 0 bridgehead atoms. The van der Waals surface area contributed by atoms with Gasteiger partial charge in [-0.1, -0.05) is 42.5 Å². The van der Waals surface area contributed by atoms with E-state index in [1.165, 1.54) is 23.1 Å². The van der Waals surface area contributed by atoms with Crippen molar-refractivity contribution < 1.29 is 22.9 Å². The molecule has 1 saturated heterocycles. The summed E-state index contributed by atoms with van der Waals surface area (Å²) in [5.41, 5.74) is 0.357. The lowest BCUT2D eigenvalue weighted by Gasteiger charge is -2.17. The summed E-state index contributed by atoms with van der Waals surface area (Å²) < 4.78 is 32.8. The van der Waals surface area contributed by atoms with Crippen LogP contribution >= 0.6 is 0 Å². The summed E-state index contributed by atoms with van der Waals surface area (Å²) in [6.07, 6.45) is -0.142. The van der Waals surface area contributed by atoms with Crippen LogP contribution in [-0.2, 0) is 21.4 Å². The first kappa shape index (κ1) is 19.8. The predicted octanol–water partition coefficient (Wildman–Crippen LogP) is 2.28. The molecule has 1 amide bonds. The Morgan fingerprint density at radius 1 is 1.18 bits per heavy atom. The maximum atomic E-state index is 12.6. The highest BCUT2D eigenvalue weighted by Gasteiger charge is 2.33. The van der Waals surface area contributed by atoms with Gasteiger partial charge in [-0.25, -0.2) is 17.9 Å². The number of carbonyl (C=O) groups excluding carboxylic acids is 1. The second kappa shape index (κ2) is 8.36. The minimum atomic E-state index is -4.09. The largest absolute Gasteiger partial charge is 0.445 e. The predicted molar refractivity (Wildman–Crippen MR) is 100 cm³/mol. The van der Waals surface area contributed by atoms with Gasteiger partial charge in [0.1, 0.15) is 6.61 Å². The molecule has 0 saturated carbocycles. The van der Waals surface area contributed by atoms with Gasteiger partial charge in [-0.3, -0.25) is 10.1 Å². The normalized spacial score (nSPS) is 16.7. The van der Waals surface area contributed by atoms with E-state index in [9.17, 15) is 23.3 Å². The highest BCUT2D eigenvalue weighted by Crippen LogP contribution is 2.24. The second-order valence-electron chi connectivity index (χ2n) is 6.32. The average molecular weight is 405 g/mol. The Labute approximate surface area is 162 Å². The third kappa shape index (κ3) is 4.65. The fourth-order valence-electron chi connectivity index (χ4n) is 2.95. The second-order valence-corrected chi connectivity index (χ2v) is 8.00. The number of nitro groups is 1. The third-order valence-electron chi connectivity index (χ3n) is 4.32. The highest BCUT2D eigenvalue weighted by molar-refractivity contribution is 7.89. The smallest absolute Gasteiger partial charge is 0.410 e. The molecule has 1 heterocycles. The van der Waals surface area contributed by atoms with Crippen LogP contribution in [0.25, 0.3) is 0 Å². The molecule has 1 N–H and O–H groups in total. The maximum absolute atomic E-state index is 12.6. The van der Waals surface area contributed by atoms with Crippen LogP contribution in [0, 0.1) is 10.1 Å². The summed E-state index contributed by atoms with van der Waals surface area (Å²) in [5, 5.41) is 11.1. The number of rotatable bonds is 6. The van der Waals surface area contributed by atoms with Crippen LogP contribution in [0.3, 0.4) is 0 Å². The Balaban J connectivity index is 1.59. The topological polar surface area (TPSA) is 119 Å². The molecule has 9 nitrogen and oxygen atoms in total. The number of nitrogens with one attached hydrogen (secondary N) is 1. The van der Waals surface area contributed by atoms with Crippen LogP contribution in [0.5, 0.6) is 0 Å². The molecule has 1 fully saturated rings. The van der Waals surface area contributed by atoms with Crippen molar-refractivity contribution in [1.29, 1.82) is 0 Å². The molecule has 148 valence electrons. The lowest BCUT2D eigenvalue weighted by Crippen LogP contribution is -2.38. The minimum Gasteiger partial charge on any atom is -0.445 e. The van der Waals surface area contributed by atoms with Crippen LogP contribution in [0.4, 0.5) is 10.5 Å².